The van der Waals surface area contributed by atoms with E-state index in [9.17, 15) is 0 Å². The lowest BCUT2D eigenvalue weighted by molar-refractivity contribution is 0.292. The van der Waals surface area contributed by atoms with Crippen LogP contribution in [0.1, 0.15) is 20.3 Å². The van der Waals surface area contributed by atoms with Gasteiger partial charge in [-0.05, 0) is 44.3 Å². The molecule has 0 saturated heterocycles. The molecule has 1 aromatic heterocycles. The van der Waals surface area contributed by atoms with Crippen LogP contribution in [0.5, 0.6) is 0 Å². The number of anilines is 2. The van der Waals surface area contributed by atoms with Gasteiger partial charge in [0.25, 0.3) is 0 Å². The molecule has 0 radical (unpaired) electrons. The van der Waals surface area contributed by atoms with Crippen molar-refractivity contribution in [2.24, 2.45) is 0 Å². The highest BCUT2D eigenvalue weighted by molar-refractivity contribution is 5.91. The number of benzene rings is 1. The van der Waals surface area contributed by atoms with Gasteiger partial charge in [0.05, 0.1) is 5.52 Å². The number of nitrogen functional groups attached to an aromatic ring is 2. The van der Waals surface area contributed by atoms with E-state index < -0.39 is 0 Å². The molecule has 0 fully saturated rings. The second-order valence-electron chi connectivity index (χ2n) is 4.77. The Bertz CT molecular complexity index is 555. The first-order chi connectivity index (χ1) is 9.15. The van der Waals surface area contributed by atoms with Crippen molar-refractivity contribution in [3.63, 3.8) is 0 Å². The number of rotatable bonds is 6. The molecule has 5 nitrogen and oxygen atoms in total. The molecule has 4 N–H and O–H groups in total. The van der Waals surface area contributed by atoms with E-state index in [0.29, 0.717) is 5.82 Å². The number of halogens is 3. The van der Waals surface area contributed by atoms with Crippen LogP contribution in [0.4, 0.5) is 11.5 Å². The van der Waals surface area contributed by atoms with E-state index in [0.717, 1.165) is 49.2 Å². The maximum Gasteiger partial charge on any atom is 0.153 e. The quantitative estimate of drug-likeness (QED) is 0.766. The lowest BCUT2D eigenvalue weighted by atomic mass is 10.2. The summed E-state index contributed by atoms with van der Waals surface area (Å²) >= 11 is 0. The first-order valence-electron chi connectivity index (χ1n) is 6.89. The van der Waals surface area contributed by atoms with Gasteiger partial charge in [-0.3, -0.25) is 4.68 Å². The van der Waals surface area contributed by atoms with Gasteiger partial charge >= 0.3 is 0 Å². The minimum atomic E-state index is 0. The van der Waals surface area contributed by atoms with Crippen molar-refractivity contribution in [2.75, 3.05) is 31.1 Å². The van der Waals surface area contributed by atoms with Crippen molar-refractivity contribution in [2.45, 2.75) is 26.8 Å². The van der Waals surface area contributed by atoms with Crippen molar-refractivity contribution < 1.29 is 0 Å². The van der Waals surface area contributed by atoms with Crippen LogP contribution in [0.15, 0.2) is 18.2 Å². The lowest BCUT2D eigenvalue weighted by Crippen LogP contribution is -2.25. The van der Waals surface area contributed by atoms with E-state index >= 15 is 0 Å². The number of fused-ring (bicyclic) bond motifs is 1. The Morgan fingerprint density at radius 1 is 1.09 bits per heavy atom. The Morgan fingerprint density at radius 2 is 1.73 bits per heavy atom. The fourth-order valence-corrected chi connectivity index (χ4v) is 2.38. The molecule has 2 aromatic rings. The van der Waals surface area contributed by atoms with Gasteiger partial charge in [-0.15, -0.1) is 37.2 Å². The zero-order valence-electron chi connectivity index (χ0n) is 13.0. The third-order valence-electron chi connectivity index (χ3n) is 3.54. The van der Waals surface area contributed by atoms with Crippen LogP contribution in [0.25, 0.3) is 10.9 Å². The molecule has 0 unspecified atom stereocenters. The second kappa shape index (κ2) is 10.8. The van der Waals surface area contributed by atoms with Gasteiger partial charge in [-0.1, -0.05) is 13.8 Å². The summed E-state index contributed by atoms with van der Waals surface area (Å²) in [6.45, 7) is 8.53. The normalized spacial score (nSPS) is 9.95. The van der Waals surface area contributed by atoms with Crippen molar-refractivity contribution in [1.82, 2.24) is 14.7 Å². The SMILES string of the molecule is CCN(CC)CCCn1nc(N)c2cc(N)ccc21.Cl.Cl.Cl. The zero-order chi connectivity index (χ0) is 13.8. The first kappa shape index (κ1) is 23.4. The number of aromatic nitrogens is 2. The number of nitrogens with two attached hydrogens (primary N) is 2. The van der Waals surface area contributed by atoms with Crippen LogP contribution in [0.2, 0.25) is 0 Å². The van der Waals surface area contributed by atoms with Crippen molar-refractivity contribution in [3.05, 3.63) is 18.2 Å². The first-order valence-corrected chi connectivity index (χ1v) is 6.89. The third kappa shape index (κ3) is 5.39. The summed E-state index contributed by atoms with van der Waals surface area (Å²) in [7, 11) is 0. The largest absolute Gasteiger partial charge is 0.399 e. The predicted octanol–water partition coefficient (Wildman–Crippen LogP) is 3.20. The summed E-state index contributed by atoms with van der Waals surface area (Å²) in [4.78, 5) is 2.41. The van der Waals surface area contributed by atoms with Crippen molar-refractivity contribution in [3.8, 4) is 0 Å². The molecule has 128 valence electrons. The maximum absolute atomic E-state index is 5.93. The highest BCUT2D eigenvalue weighted by Gasteiger charge is 2.08. The Labute approximate surface area is 150 Å². The Balaban J connectivity index is 0. The van der Waals surface area contributed by atoms with Crippen LogP contribution in [0, 0.1) is 0 Å². The highest BCUT2D eigenvalue weighted by Crippen LogP contribution is 2.23. The number of nitrogens with zero attached hydrogens (tertiary/aromatic N) is 3. The summed E-state index contributed by atoms with van der Waals surface area (Å²) < 4.78 is 1.98. The number of hydrogen-bond acceptors (Lipinski definition) is 4. The van der Waals surface area contributed by atoms with Crippen molar-refractivity contribution in [1.29, 1.82) is 0 Å². The summed E-state index contributed by atoms with van der Waals surface area (Å²) in [5, 5.41) is 5.35. The Kier molecular flexibility index (Phi) is 11.5. The molecule has 0 amide bonds. The molecule has 8 heteroatoms. The summed E-state index contributed by atoms with van der Waals surface area (Å²) in [5.74, 6) is 0.560. The van der Waals surface area contributed by atoms with Crippen LogP contribution in [0.3, 0.4) is 0 Å². The van der Waals surface area contributed by atoms with Crippen molar-refractivity contribution >= 4 is 59.6 Å². The molecule has 0 spiro atoms. The van der Waals surface area contributed by atoms with Gasteiger partial charge in [0, 0.05) is 17.6 Å². The minimum Gasteiger partial charge on any atom is -0.399 e. The van der Waals surface area contributed by atoms with Gasteiger partial charge < -0.3 is 16.4 Å². The molecule has 1 heterocycles. The van der Waals surface area contributed by atoms with Crippen LogP contribution in [-0.2, 0) is 6.54 Å². The summed E-state index contributed by atoms with van der Waals surface area (Å²) in [6, 6.07) is 5.77. The molecule has 1 aromatic carbocycles. The molecule has 0 bridgehead atoms. The number of aryl methyl sites for hydroxylation is 1. The molecule has 0 saturated carbocycles. The van der Waals surface area contributed by atoms with Gasteiger partial charge in [-0.25, -0.2) is 0 Å². The topological polar surface area (TPSA) is 73.1 Å². The molecule has 0 aliphatic heterocycles. The number of hydrogen-bond donors (Lipinski definition) is 2. The Hall–Kier alpha value is -0.880. The molecule has 22 heavy (non-hydrogen) atoms. The predicted molar refractivity (Wildman–Crippen MR) is 103 cm³/mol. The molecular weight excluding hydrogens is 345 g/mol. The summed E-state index contributed by atoms with van der Waals surface area (Å²) in [5.41, 5.74) is 13.5. The van der Waals surface area contributed by atoms with Crippen LogP contribution < -0.4 is 11.5 Å². The second-order valence-corrected chi connectivity index (χ2v) is 4.77. The van der Waals surface area contributed by atoms with Gasteiger partial charge in [0.15, 0.2) is 5.82 Å². The lowest BCUT2D eigenvalue weighted by Gasteiger charge is -2.17. The van der Waals surface area contributed by atoms with Gasteiger partial charge in [0.1, 0.15) is 0 Å². The monoisotopic (exact) mass is 369 g/mol. The van der Waals surface area contributed by atoms with E-state index in [1.165, 1.54) is 0 Å². The molecule has 0 aliphatic rings. The maximum atomic E-state index is 5.93. The average Bonchev–Trinajstić information content (AvgIpc) is 2.71. The van der Waals surface area contributed by atoms with E-state index in [2.05, 4.69) is 23.8 Å². The van der Waals surface area contributed by atoms with Gasteiger partial charge in [0.2, 0.25) is 0 Å². The van der Waals surface area contributed by atoms with E-state index in [-0.39, 0.29) is 37.2 Å². The standard InChI is InChI=1S/C14H23N5.3ClH/c1-3-18(4-2)8-5-9-19-13-7-6-11(15)10-12(13)14(16)17-19;;;/h6-7,10H,3-5,8-9,15H2,1-2H3,(H2,16,17);3*1H. The molecule has 2 rings (SSSR count). The third-order valence-corrected chi connectivity index (χ3v) is 3.54. The molecule has 0 aliphatic carbocycles. The van der Waals surface area contributed by atoms with Gasteiger partial charge in [-0.2, -0.15) is 5.10 Å². The smallest absolute Gasteiger partial charge is 0.153 e. The molecule has 0 atom stereocenters. The molecular formula is C14H26Cl3N5. The van der Waals surface area contributed by atoms with E-state index in [1.54, 1.807) is 0 Å². The fraction of sp³-hybridized carbons (Fsp3) is 0.500. The Morgan fingerprint density at radius 3 is 2.32 bits per heavy atom. The van der Waals surface area contributed by atoms with E-state index in [4.69, 9.17) is 11.5 Å². The van der Waals surface area contributed by atoms with Crippen LogP contribution >= 0.6 is 37.2 Å². The zero-order valence-corrected chi connectivity index (χ0v) is 15.4. The van der Waals surface area contributed by atoms with Crippen LogP contribution in [-0.4, -0.2) is 34.3 Å². The fourth-order valence-electron chi connectivity index (χ4n) is 2.38. The summed E-state index contributed by atoms with van der Waals surface area (Å²) in [6.07, 6.45) is 1.07. The average molecular weight is 371 g/mol. The highest BCUT2D eigenvalue weighted by atomic mass is 35.5. The van der Waals surface area contributed by atoms with E-state index in [1.807, 2.05) is 22.9 Å². The minimum absolute atomic E-state index is 0.